The van der Waals surface area contributed by atoms with Crippen molar-refractivity contribution in [3.8, 4) is 33.6 Å². The molecule has 0 radical (unpaired) electrons. The quantitative estimate of drug-likeness (QED) is 0.175. The van der Waals surface area contributed by atoms with E-state index in [2.05, 4.69) is 205 Å². The molecule has 0 spiro atoms. The van der Waals surface area contributed by atoms with E-state index in [0.29, 0.717) is 0 Å². The third-order valence-electron chi connectivity index (χ3n) is 11.8. The van der Waals surface area contributed by atoms with Crippen LogP contribution in [-0.4, -0.2) is 9.13 Å². The van der Waals surface area contributed by atoms with Gasteiger partial charge in [-0.25, -0.2) is 0 Å². The van der Waals surface area contributed by atoms with Crippen LogP contribution in [0.5, 0.6) is 0 Å². The van der Waals surface area contributed by atoms with Gasteiger partial charge in [0.25, 0.3) is 0 Å². The largest absolute Gasteiger partial charge is 0.456 e. The van der Waals surface area contributed by atoms with Crippen LogP contribution < -0.4 is 0 Å². The smallest absolute Gasteiger partial charge is 0.145 e. The van der Waals surface area contributed by atoms with Crippen molar-refractivity contribution < 1.29 is 4.42 Å². The number of allylic oxidation sites excluding steroid dienone is 6. The van der Waals surface area contributed by atoms with E-state index in [-0.39, 0.29) is 11.8 Å². The summed E-state index contributed by atoms with van der Waals surface area (Å²) in [6, 6.07) is 48.7. The second-order valence-corrected chi connectivity index (χ2v) is 14.8. The van der Waals surface area contributed by atoms with Gasteiger partial charge in [0.05, 0.1) is 21.9 Å². The molecule has 0 N–H and O–H groups in total. The summed E-state index contributed by atoms with van der Waals surface area (Å²) in [6.07, 6.45) is 18.0. The highest BCUT2D eigenvalue weighted by Gasteiger charge is 2.33. The maximum atomic E-state index is 6.85. The summed E-state index contributed by atoms with van der Waals surface area (Å²) in [5.41, 5.74) is 15.3. The first-order chi connectivity index (χ1) is 27.2. The first kappa shape index (κ1) is 31.7. The molecule has 3 nitrogen and oxygen atoms in total. The molecule has 0 saturated heterocycles. The number of benzene rings is 6. The van der Waals surface area contributed by atoms with E-state index in [9.17, 15) is 0 Å². The minimum Gasteiger partial charge on any atom is -0.456 e. The molecule has 2 atom stereocenters. The zero-order valence-electron chi connectivity index (χ0n) is 30.8. The summed E-state index contributed by atoms with van der Waals surface area (Å²) in [4.78, 5) is 0. The summed E-state index contributed by atoms with van der Waals surface area (Å²) in [5, 5.41) is 4.84. The van der Waals surface area contributed by atoms with Crippen LogP contribution in [0.2, 0.25) is 0 Å². The van der Waals surface area contributed by atoms with Gasteiger partial charge in [0, 0.05) is 61.8 Å². The molecular weight excluding hydrogens is 669 g/mol. The van der Waals surface area contributed by atoms with Crippen molar-refractivity contribution in [2.24, 2.45) is 5.92 Å². The molecule has 262 valence electrons. The summed E-state index contributed by atoms with van der Waals surface area (Å²) >= 11 is 0. The summed E-state index contributed by atoms with van der Waals surface area (Å²) in [5.74, 6) is 1.38. The van der Waals surface area contributed by atoms with Crippen molar-refractivity contribution >= 4 is 55.8 Å². The Morgan fingerprint density at radius 2 is 1.22 bits per heavy atom. The van der Waals surface area contributed by atoms with E-state index in [0.717, 1.165) is 39.1 Å². The fourth-order valence-electron chi connectivity index (χ4n) is 9.22. The molecule has 2 unspecified atom stereocenters. The zero-order valence-corrected chi connectivity index (χ0v) is 30.8. The Labute approximate surface area is 320 Å². The van der Waals surface area contributed by atoms with Gasteiger partial charge in [0.15, 0.2) is 0 Å². The van der Waals surface area contributed by atoms with E-state index in [1.165, 1.54) is 60.8 Å². The molecule has 2 aliphatic rings. The van der Waals surface area contributed by atoms with Crippen LogP contribution >= 0.6 is 0 Å². The predicted molar refractivity (Wildman–Crippen MR) is 231 cm³/mol. The topological polar surface area (TPSA) is 23.0 Å². The summed E-state index contributed by atoms with van der Waals surface area (Å²) in [6.45, 7) is 4.24. The van der Waals surface area contributed by atoms with Gasteiger partial charge < -0.3 is 13.6 Å². The lowest BCUT2D eigenvalue weighted by Crippen LogP contribution is -2.16. The maximum Gasteiger partial charge on any atom is 0.145 e. The molecule has 11 rings (SSSR count). The average Bonchev–Trinajstić information content (AvgIpc) is 3.88. The molecule has 0 bridgehead atoms. The predicted octanol–water partition coefficient (Wildman–Crippen LogP) is 14.0. The first-order valence-electron chi connectivity index (χ1n) is 19.2. The number of furan rings is 1. The second kappa shape index (κ2) is 12.4. The Kier molecular flexibility index (Phi) is 7.12. The monoisotopic (exact) mass is 706 g/mol. The van der Waals surface area contributed by atoms with Crippen molar-refractivity contribution in [2.75, 3.05) is 0 Å². The van der Waals surface area contributed by atoms with E-state index >= 15 is 0 Å². The number of nitrogens with zero attached hydrogens (tertiary/aromatic N) is 2. The third-order valence-corrected chi connectivity index (χ3v) is 11.8. The standard InChI is InChI=1S/C52H38N2O/c1-3-13-48-33(2)44-32-45(37-24-29-38(30-25-37)53-46-20-11-9-18-41(46)42-19-10-12-21-47(42)53)51-49(52(44)55-48)43-31-26-36-16-7-8-17-40(36)50(43)54(51)39-27-22-35(23-28-39)34-14-5-4-6-15-34/h3-32,36,40H,1-2H3/b13-3-. The first-order valence-corrected chi connectivity index (χ1v) is 19.2. The lowest BCUT2D eigenvalue weighted by atomic mass is 9.80. The number of hydrogen-bond acceptors (Lipinski definition) is 1. The van der Waals surface area contributed by atoms with Gasteiger partial charge in [0.1, 0.15) is 11.3 Å². The Bertz CT molecular complexity index is 3030. The Morgan fingerprint density at radius 1 is 0.600 bits per heavy atom. The van der Waals surface area contributed by atoms with Crippen LogP contribution in [0.3, 0.4) is 0 Å². The van der Waals surface area contributed by atoms with Gasteiger partial charge in [-0.1, -0.05) is 134 Å². The number of fused-ring (bicyclic) bond motifs is 10. The van der Waals surface area contributed by atoms with Gasteiger partial charge in [-0.2, -0.15) is 0 Å². The van der Waals surface area contributed by atoms with Crippen molar-refractivity contribution in [1.29, 1.82) is 0 Å². The van der Waals surface area contributed by atoms with E-state index in [1.54, 1.807) is 0 Å². The molecule has 6 aromatic carbocycles. The molecule has 0 saturated carbocycles. The lowest BCUT2D eigenvalue weighted by Gasteiger charge is -2.28. The van der Waals surface area contributed by atoms with E-state index in [4.69, 9.17) is 4.42 Å². The average molecular weight is 707 g/mol. The molecule has 0 amide bonds. The van der Waals surface area contributed by atoms with Crippen molar-refractivity contribution in [3.05, 3.63) is 192 Å². The highest BCUT2D eigenvalue weighted by molar-refractivity contribution is 6.17. The molecule has 3 heterocycles. The van der Waals surface area contributed by atoms with Crippen molar-refractivity contribution in [2.45, 2.75) is 19.8 Å². The number of aromatic nitrogens is 2. The second-order valence-electron chi connectivity index (χ2n) is 14.8. The number of para-hydroxylation sites is 2. The Hall–Kier alpha value is -6.84. The molecule has 3 heteroatoms. The molecule has 2 aliphatic carbocycles. The number of hydrogen-bond donors (Lipinski definition) is 0. The highest BCUT2D eigenvalue weighted by atomic mass is 16.3. The van der Waals surface area contributed by atoms with Crippen LogP contribution in [0, 0.1) is 12.8 Å². The van der Waals surface area contributed by atoms with Gasteiger partial charge in [-0.05, 0) is 79.1 Å². The SMILES string of the molecule is C/C=C\c1oc2c(cc(-c3ccc(-n4c5ccccc5c5ccccc54)cc3)c3c2c2c(n3-c3ccc(-c4ccccc4)cc3)C3C=CC=CC3C=C2)c1C. The highest BCUT2D eigenvalue weighted by Crippen LogP contribution is 2.50. The van der Waals surface area contributed by atoms with Crippen molar-refractivity contribution in [3.63, 3.8) is 0 Å². The molecule has 3 aromatic heterocycles. The lowest BCUT2D eigenvalue weighted by molar-refractivity contribution is 0.604. The fourth-order valence-corrected chi connectivity index (χ4v) is 9.22. The van der Waals surface area contributed by atoms with Crippen LogP contribution in [0.4, 0.5) is 0 Å². The third kappa shape index (κ3) is 4.76. The number of rotatable bonds is 5. The van der Waals surface area contributed by atoms with Crippen LogP contribution in [-0.2, 0) is 0 Å². The summed E-state index contributed by atoms with van der Waals surface area (Å²) in [7, 11) is 0. The Morgan fingerprint density at radius 3 is 1.93 bits per heavy atom. The molecule has 0 aliphatic heterocycles. The van der Waals surface area contributed by atoms with E-state index in [1.807, 2.05) is 0 Å². The van der Waals surface area contributed by atoms with Gasteiger partial charge >= 0.3 is 0 Å². The minimum atomic E-state index is 0.192. The Balaban J connectivity index is 1.20. The van der Waals surface area contributed by atoms with Crippen LogP contribution in [0.1, 0.15) is 35.4 Å². The van der Waals surface area contributed by atoms with Gasteiger partial charge in [0.2, 0.25) is 0 Å². The van der Waals surface area contributed by atoms with Gasteiger partial charge in [-0.15, -0.1) is 0 Å². The molecule has 0 fully saturated rings. The van der Waals surface area contributed by atoms with Crippen molar-refractivity contribution in [1.82, 2.24) is 9.13 Å². The zero-order chi connectivity index (χ0) is 36.6. The molecule has 55 heavy (non-hydrogen) atoms. The summed E-state index contributed by atoms with van der Waals surface area (Å²) < 4.78 is 11.8. The van der Waals surface area contributed by atoms with E-state index < -0.39 is 0 Å². The molecule has 9 aromatic rings. The van der Waals surface area contributed by atoms with Crippen LogP contribution in [0.25, 0.3) is 89.5 Å². The normalized spacial score (nSPS) is 16.3. The van der Waals surface area contributed by atoms with Gasteiger partial charge in [-0.3, -0.25) is 0 Å². The fraction of sp³-hybridized carbons (Fsp3) is 0.0769. The van der Waals surface area contributed by atoms with Crippen LogP contribution in [0.15, 0.2) is 174 Å². The molecular formula is C52H38N2O. The minimum absolute atomic E-state index is 0.192. The maximum absolute atomic E-state index is 6.85. The number of aryl methyl sites for hydroxylation is 1.